The van der Waals surface area contributed by atoms with E-state index in [-0.39, 0.29) is 10.5 Å². The molecule has 0 saturated heterocycles. The number of hydrogen-bond acceptors (Lipinski definition) is 5. The fourth-order valence-corrected chi connectivity index (χ4v) is 2.64. The molecule has 0 radical (unpaired) electrons. The zero-order valence-electron chi connectivity index (χ0n) is 12.3. The minimum Gasteiger partial charge on any atom is -0.497 e. The molecule has 1 aromatic carbocycles. The summed E-state index contributed by atoms with van der Waals surface area (Å²) in [7, 11) is -2.57. The lowest BCUT2D eigenvalue weighted by Crippen LogP contribution is -2.34. The number of sulfonamides is 1. The fraction of sp³-hybridized carbons (Fsp3) is 0.462. The zero-order chi connectivity index (χ0) is 16.3. The predicted octanol–water partition coefficient (Wildman–Crippen LogP) is 1.33. The first kappa shape index (κ1) is 17.4. The highest BCUT2D eigenvalue weighted by Gasteiger charge is 2.23. The lowest BCUT2D eigenvalue weighted by molar-refractivity contribution is -0.136. The van der Waals surface area contributed by atoms with E-state index in [0.29, 0.717) is 5.75 Å². The number of benzene rings is 1. The number of carbonyl (C=O) groups is 1. The van der Waals surface area contributed by atoms with Gasteiger partial charge in [0.15, 0.2) is 0 Å². The van der Waals surface area contributed by atoms with E-state index in [4.69, 9.17) is 14.7 Å². The second-order valence-corrected chi connectivity index (χ2v) is 6.96. The minimum atomic E-state index is -3.99. The lowest BCUT2D eigenvalue weighted by Gasteiger charge is -2.20. The highest BCUT2D eigenvalue weighted by molar-refractivity contribution is 7.89. The minimum absolute atomic E-state index is 0.117. The Kier molecular flexibility index (Phi) is 5.32. The van der Waals surface area contributed by atoms with E-state index in [1.54, 1.807) is 20.8 Å². The van der Waals surface area contributed by atoms with E-state index in [0.717, 1.165) is 0 Å². The van der Waals surface area contributed by atoms with Crippen LogP contribution in [-0.4, -0.2) is 32.2 Å². The van der Waals surface area contributed by atoms with Crippen LogP contribution in [0.4, 0.5) is 0 Å². The predicted molar refractivity (Wildman–Crippen MR) is 75.5 cm³/mol. The monoisotopic (exact) mass is 317 g/mol. The molecule has 0 aromatic heterocycles. The quantitative estimate of drug-likeness (QED) is 0.768. The molecule has 0 spiro atoms. The van der Waals surface area contributed by atoms with Crippen LogP contribution in [0.2, 0.25) is 0 Å². The molecule has 0 heterocycles. The van der Waals surface area contributed by atoms with Crippen LogP contribution in [-0.2, 0) is 26.1 Å². The number of methoxy groups -OCH3 is 1. The van der Waals surface area contributed by atoms with Crippen LogP contribution in [0.15, 0.2) is 23.1 Å². The first-order valence-electron chi connectivity index (χ1n) is 6.14. The van der Waals surface area contributed by atoms with E-state index in [2.05, 4.69) is 0 Å². The van der Waals surface area contributed by atoms with Crippen molar-refractivity contribution < 1.29 is 27.9 Å². The SMILES string of the molecule is COc1ccc(S(=O)(=O)NOC(C)(C)C)c(CC(=O)O)c1. The van der Waals surface area contributed by atoms with Crippen LogP contribution in [0.5, 0.6) is 5.75 Å². The third-order valence-corrected chi connectivity index (χ3v) is 3.64. The summed E-state index contributed by atoms with van der Waals surface area (Å²) in [6.45, 7) is 5.05. The molecular weight excluding hydrogens is 298 g/mol. The van der Waals surface area contributed by atoms with Gasteiger partial charge in [0.2, 0.25) is 0 Å². The van der Waals surface area contributed by atoms with Crippen LogP contribution in [0.1, 0.15) is 26.3 Å². The van der Waals surface area contributed by atoms with E-state index < -0.39 is 28.0 Å². The molecule has 7 nitrogen and oxygen atoms in total. The third kappa shape index (κ3) is 5.33. The van der Waals surface area contributed by atoms with Gasteiger partial charge >= 0.3 is 5.97 Å². The fourth-order valence-electron chi connectivity index (χ4n) is 1.47. The second-order valence-electron chi connectivity index (χ2n) is 5.35. The molecule has 0 saturated carbocycles. The van der Waals surface area contributed by atoms with Crippen molar-refractivity contribution in [3.63, 3.8) is 0 Å². The van der Waals surface area contributed by atoms with Crippen LogP contribution in [0.3, 0.4) is 0 Å². The topological polar surface area (TPSA) is 102 Å². The van der Waals surface area contributed by atoms with Crippen molar-refractivity contribution >= 4 is 16.0 Å². The molecule has 0 fully saturated rings. The summed E-state index contributed by atoms with van der Waals surface area (Å²) in [5, 5.41) is 8.89. The number of ether oxygens (including phenoxy) is 1. The van der Waals surface area contributed by atoms with Gasteiger partial charge in [0.05, 0.1) is 24.0 Å². The smallest absolute Gasteiger partial charge is 0.307 e. The molecule has 0 amide bonds. The Hall–Kier alpha value is -1.64. The molecule has 118 valence electrons. The summed E-state index contributed by atoms with van der Waals surface area (Å²) < 4.78 is 29.4. The van der Waals surface area contributed by atoms with Gasteiger partial charge in [0.1, 0.15) is 5.75 Å². The standard InChI is InChI=1S/C13H19NO6S/c1-13(2,3)20-14-21(17,18)11-6-5-10(19-4)7-9(11)8-12(15)16/h5-7,14H,8H2,1-4H3,(H,15,16). The van der Waals surface area contributed by atoms with Gasteiger partial charge < -0.3 is 9.84 Å². The Labute approximate surface area is 123 Å². The lowest BCUT2D eigenvalue weighted by atomic mass is 10.1. The first-order valence-corrected chi connectivity index (χ1v) is 7.62. The van der Waals surface area contributed by atoms with Gasteiger partial charge in [-0.25, -0.2) is 8.42 Å². The zero-order valence-corrected chi connectivity index (χ0v) is 13.2. The molecule has 0 aliphatic rings. The number of carboxylic acid groups (broad SMARTS) is 1. The van der Waals surface area contributed by atoms with Gasteiger partial charge in [-0.2, -0.15) is 0 Å². The average Bonchev–Trinajstić information content (AvgIpc) is 2.34. The largest absolute Gasteiger partial charge is 0.497 e. The van der Waals surface area contributed by atoms with Crippen molar-refractivity contribution in [1.29, 1.82) is 0 Å². The Bertz CT molecular complexity index is 618. The molecule has 0 atom stereocenters. The van der Waals surface area contributed by atoms with Gasteiger partial charge in [-0.15, -0.1) is 0 Å². The average molecular weight is 317 g/mol. The van der Waals surface area contributed by atoms with Gasteiger partial charge in [-0.1, -0.05) is 4.89 Å². The van der Waals surface area contributed by atoms with Crippen molar-refractivity contribution in [2.45, 2.75) is 37.7 Å². The van der Waals surface area contributed by atoms with Crippen molar-refractivity contribution in [2.75, 3.05) is 7.11 Å². The van der Waals surface area contributed by atoms with Crippen LogP contribution < -0.4 is 9.62 Å². The first-order chi connectivity index (χ1) is 9.55. The molecule has 21 heavy (non-hydrogen) atoms. The summed E-state index contributed by atoms with van der Waals surface area (Å²) in [6, 6.07) is 4.10. The van der Waals surface area contributed by atoms with Crippen molar-refractivity contribution in [2.24, 2.45) is 0 Å². The van der Waals surface area contributed by atoms with Gasteiger partial charge in [-0.05, 0) is 44.5 Å². The third-order valence-electron chi connectivity index (χ3n) is 2.36. The van der Waals surface area contributed by atoms with Crippen LogP contribution in [0.25, 0.3) is 0 Å². The van der Waals surface area contributed by atoms with E-state index in [9.17, 15) is 13.2 Å². The number of hydrogen-bond donors (Lipinski definition) is 2. The van der Waals surface area contributed by atoms with Gasteiger partial charge in [-0.3, -0.25) is 9.63 Å². The maximum Gasteiger partial charge on any atom is 0.307 e. The van der Waals surface area contributed by atoms with Crippen molar-refractivity contribution in [3.05, 3.63) is 23.8 Å². The van der Waals surface area contributed by atoms with Crippen molar-refractivity contribution in [3.8, 4) is 5.75 Å². The van der Waals surface area contributed by atoms with Gasteiger partial charge in [0.25, 0.3) is 10.0 Å². The van der Waals surface area contributed by atoms with E-state index >= 15 is 0 Å². The molecule has 1 aromatic rings. The maximum atomic E-state index is 12.2. The van der Waals surface area contributed by atoms with Crippen molar-refractivity contribution in [1.82, 2.24) is 4.89 Å². The summed E-state index contributed by atoms with van der Waals surface area (Å²) in [4.78, 5) is 17.8. The van der Waals surface area contributed by atoms with Gasteiger partial charge in [0, 0.05) is 0 Å². The number of rotatable bonds is 6. The van der Waals surface area contributed by atoms with Crippen LogP contribution in [0, 0.1) is 0 Å². The molecule has 0 aliphatic heterocycles. The molecule has 0 aliphatic carbocycles. The number of nitrogens with one attached hydrogen (secondary N) is 1. The molecule has 0 unspecified atom stereocenters. The second kappa shape index (κ2) is 6.42. The summed E-state index contributed by atoms with van der Waals surface area (Å²) in [5.74, 6) is -0.765. The Morgan fingerprint density at radius 3 is 2.43 bits per heavy atom. The normalized spacial score (nSPS) is 12.2. The van der Waals surface area contributed by atoms with Crippen LogP contribution >= 0.6 is 0 Å². The molecule has 1 rings (SSSR count). The highest BCUT2D eigenvalue weighted by Crippen LogP contribution is 2.23. The Balaban J connectivity index is 3.18. The number of aliphatic carboxylic acids is 1. The van der Waals surface area contributed by atoms with E-state index in [1.807, 2.05) is 4.89 Å². The Morgan fingerprint density at radius 1 is 1.33 bits per heavy atom. The Morgan fingerprint density at radius 2 is 1.95 bits per heavy atom. The molecule has 8 heteroatoms. The highest BCUT2D eigenvalue weighted by atomic mass is 32.2. The maximum absolute atomic E-state index is 12.2. The summed E-state index contributed by atoms with van der Waals surface area (Å²) in [6.07, 6.45) is -0.442. The molecular formula is C13H19NO6S. The summed E-state index contributed by atoms with van der Waals surface area (Å²) in [5.41, 5.74) is -0.598. The number of carboxylic acids is 1. The van der Waals surface area contributed by atoms with E-state index in [1.165, 1.54) is 25.3 Å². The molecule has 0 bridgehead atoms. The summed E-state index contributed by atoms with van der Waals surface area (Å²) >= 11 is 0. The molecule has 2 N–H and O–H groups in total.